The number of imidazole rings is 1. The fraction of sp³-hybridized carbons (Fsp3) is 0.500. The van der Waals surface area contributed by atoms with Gasteiger partial charge in [-0.05, 0) is 5.53 Å². The third-order valence-corrected chi connectivity index (χ3v) is 2.73. The Labute approximate surface area is 113 Å². The number of azide groups is 1. The van der Waals surface area contributed by atoms with Crippen LogP contribution in [0.25, 0.3) is 10.4 Å². The van der Waals surface area contributed by atoms with Crippen molar-refractivity contribution in [3.63, 3.8) is 0 Å². The third-order valence-electron chi connectivity index (χ3n) is 2.73. The van der Waals surface area contributed by atoms with Crippen molar-refractivity contribution in [2.24, 2.45) is 10.3 Å². The maximum absolute atomic E-state index is 11.0. The molecule has 2 rings (SSSR count). The van der Waals surface area contributed by atoms with Crippen LogP contribution >= 0.6 is 0 Å². The van der Waals surface area contributed by atoms with Crippen LogP contribution in [-0.4, -0.2) is 45.2 Å². The highest BCUT2D eigenvalue weighted by Crippen LogP contribution is 2.25. The molecule has 1 aliphatic rings. The number of carbonyl (C=O) groups excluding carboxylic acids is 1. The summed E-state index contributed by atoms with van der Waals surface area (Å²) in [5.74, 6) is -0.546. The lowest BCUT2D eigenvalue weighted by atomic mass is 10.0. The van der Waals surface area contributed by atoms with Gasteiger partial charge in [0.25, 0.3) is 0 Å². The van der Waals surface area contributed by atoms with E-state index in [2.05, 4.69) is 20.2 Å². The van der Waals surface area contributed by atoms with Gasteiger partial charge in [-0.3, -0.25) is 4.79 Å². The fourth-order valence-electron chi connectivity index (χ4n) is 1.96. The Kier molecular flexibility index (Phi) is 4.18. The maximum Gasteiger partial charge on any atom is 0.303 e. The molecule has 0 bridgehead atoms. The largest absolute Gasteiger partial charge is 0.459 e. The van der Waals surface area contributed by atoms with Gasteiger partial charge in [0.15, 0.2) is 6.23 Å². The zero-order valence-corrected chi connectivity index (χ0v) is 10.5. The number of oxime groups is 1. The van der Waals surface area contributed by atoms with Crippen LogP contribution in [0.3, 0.4) is 0 Å². The molecule has 1 fully saturated rings. The number of ether oxygens (including phenoxy) is 2. The van der Waals surface area contributed by atoms with Gasteiger partial charge in [-0.15, -0.1) is 0 Å². The average molecular weight is 280 g/mol. The summed E-state index contributed by atoms with van der Waals surface area (Å²) in [5, 5.41) is 15.8. The summed E-state index contributed by atoms with van der Waals surface area (Å²) in [6.07, 6.45) is 2.99. The number of esters is 1. The monoisotopic (exact) mass is 280 g/mol. The molecule has 2 heterocycles. The summed E-state index contributed by atoms with van der Waals surface area (Å²) in [6.45, 7) is 1.23. The summed E-state index contributed by atoms with van der Waals surface area (Å²) in [4.78, 5) is 17.6. The van der Waals surface area contributed by atoms with Crippen molar-refractivity contribution in [3.8, 4) is 0 Å². The first kappa shape index (κ1) is 13.8. The summed E-state index contributed by atoms with van der Waals surface area (Å²) in [7, 11) is 0. The van der Waals surface area contributed by atoms with E-state index in [1.165, 1.54) is 19.4 Å². The van der Waals surface area contributed by atoms with Gasteiger partial charge in [-0.25, -0.2) is 4.98 Å². The van der Waals surface area contributed by atoms with Crippen molar-refractivity contribution in [1.82, 2.24) is 9.55 Å². The van der Waals surface area contributed by atoms with Crippen LogP contribution in [0.4, 0.5) is 0 Å². The highest BCUT2D eigenvalue weighted by atomic mass is 16.6. The van der Waals surface area contributed by atoms with Crippen molar-refractivity contribution in [3.05, 3.63) is 29.2 Å². The number of carbonyl (C=O) groups is 1. The highest BCUT2D eigenvalue weighted by molar-refractivity contribution is 5.93. The summed E-state index contributed by atoms with van der Waals surface area (Å²) in [5.41, 5.74) is 8.66. The second-order valence-corrected chi connectivity index (χ2v) is 4.02. The molecular formula is C10H12N6O4. The molecule has 1 aromatic rings. The zero-order chi connectivity index (χ0) is 14.5. The normalized spacial score (nSPS) is 27.9. The Hall–Kier alpha value is -2.58. The molecule has 0 aromatic carbocycles. The van der Waals surface area contributed by atoms with E-state index >= 15 is 0 Å². The van der Waals surface area contributed by atoms with E-state index in [-0.39, 0.29) is 12.3 Å². The van der Waals surface area contributed by atoms with Gasteiger partial charge in [0.2, 0.25) is 0 Å². The molecule has 1 aliphatic heterocycles. The van der Waals surface area contributed by atoms with Crippen LogP contribution in [0.1, 0.15) is 13.2 Å². The molecule has 0 spiro atoms. The smallest absolute Gasteiger partial charge is 0.303 e. The predicted molar refractivity (Wildman–Crippen MR) is 64.9 cm³/mol. The van der Waals surface area contributed by atoms with Gasteiger partial charge in [0, 0.05) is 24.2 Å². The van der Waals surface area contributed by atoms with Crippen LogP contribution < -0.4 is 0 Å². The van der Waals surface area contributed by atoms with E-state index in [4.69, 9.17) is 20.2 Å². The van der Waals surface area contributed by atoms with Gasteiger partial charge < -0.3 is 19.2 Å². The van der Waals surface area contributed by atoms with Gasteiger partial charge in [-0.1, -0.05) is 10.3 Å². The van der Waals surface area contributed by atoms with E-state index in [0.717, 1.165) is 0 Å². The highest BCUT2D eigenvalue weighted by Gasteiger charge is 2.40. The van der Waals surface area contributed by atoms with Crippen molar-refractivity contribution in [1.29, 1.82) is 0 Å². The topological polar surface area (TPSA) is 135 Å². The Bertz CT molecular complexity index is 550. The molecule has 3 atom stereocenters. The molecular weight excluding hydrogens is 268 g/mol. The average Bonchev–Trinajstić information content (AvgIpc) is 2.93. The minimum Gasteiger partial charge on any atom is -0.459 e. The lowest BCUT2D eigenvalue weighted by Crippen LogP contribution is -2.48. The molecule has 0 radical (unpaired) electrons. The Balaban J connectivity index is 2.31. The van der Waals surface area contributed by atoms with Crippen molar-refractivity contribution < 1.29 is 19.5 Å². The number of rotatable bonds is 3. The Morgan fingerprint density at radius 2 is 2.55 bits per heavy atom. The molecule has 1 saturated heterocycles. The Morgan fingerprint density at radius 1 is 1.75 bits per heavy atom. The zero-order valence-electron chi connectivity index (χ0n) is 10.5. The van der Waals surface area contributed by atoms with E-state index < -0.39 is 24.3 Å². The van der Waals surface area contributed by atoms with Crippen LogP contribution in [0.5, 0.6) is 0 Å². The molecule has 1 N–H and O–H groups in total. The quantitative estimate of drug-likeness (QED) is 0.219. The molecule has 106 valence electrons. The van der Waals surface area contributed by atoms with E-state index in [9.17, 15) is 4.79 Å². The number of hydrogen-bond acceptors (Lipinski definition) is 7. The van der Waals surface area contributed by atoms with Crippen molar-refractivity contribution >= 4 is 11.7 Å². The first-order chi connectivity index (χ1) is 9.67. The SMILES string of the molecule is CC(=O)O[C@@H]1CO[C@@H](n2ccnc2)/C(=N/O)[C@H]1N=[N+]=[N-]. The van der Waals surface area contributed by atoms with E-state index in [1.807, 2.05) is 0 Å². The first-order valence-corrected chi connectivity index (χ1v) is 5.69. The molecule has 0 unspecified atom stereocenters. The van der Waals surface area contributed by atoms with Crippen molar-refractivity contribution in [2.75, 3.05) is 6.61 Å². The second-order valence-electron chi connectivity index (χ2n) is 4.02. The van der Waals surface area contributed by atoms with Crippen molar-refractivity contribution in [2.45, 2.75) is 25.3 Å². The summed E-state index contributed by atoms with van der Waals surface area (Å²) in [6, 6.07) is -0.949. The van der Waals surface area contributed by atoms with Gasteiger partial charge in [0.05, 0.1) is 12.9 Å². The fourth-order valence-corrected chi connectivity index (χ4v) is 1.96. The summed E-state index contributed by atoms with van der Waals surface area (Å²) >= 11 is 0. The van der Waals surface area contributed by atoms with Gasteiger partial charge >= 0.3 is 5.97 Å². The van der Waals surface area contributed by atoms with Crippen LogP contribution in [0.15, 0.2) is 29.0 Å². The van der Waals surface area contributed by atoms with Crippen LogP contribution in [0.2, 0.25) is 0 Å². The Morgan fingerprint density at radius 3 is 3.10 bits per heavy atom. The molecule has 0 aliphatic carbocycles. The molecule has 0 amide bonds. The minimum absolute atomic E-state index is 0.00509. The molecule has 10 heteroatoms. The van der Waals surface area contributed by atoms with E-state index in [1.54, 1.807) is 10.8 Å². The standard InChI is InChI=1S/C10H12N6O4/c1-6(17)20-7-4-19-10(16-3-2-12-5-16)9(14-18)8(7)13-15-11/h2-3,5,7-8,10,18H,4H2,1H3/b14-9+/t7-,8+,10-/m1/s1. The summed E-state index contributed by atoms with van der Waals surface area (Å²) < 4.78 is 12.0. The molecule has 1 aromatic heterocycles. The lowest BCUT2D eigenvalue weighted by molar-refractivity contribution is -0.153. The maximum atomic E-state index is 11.0. The van der Waals surface area contributed by atoms with Gasteiger partial charge in [0.1, 0.15) is 17.9 Å². The molecule has 20 heavy (non-hydrogen) atoms. The van der Waals surface area contributed by atoms with Gasteiger partial charge in [-0.2, -0.15) is 0 Å². The van der Waals surface area contributed by atoms with E-state index in [0.29, 0.717) is 0 Å². The predicted octanol–water partition coefficient (Wildman–Crippen LogP) is 0.853. The number of aromatic nitrogens is 2. The van der Waals surface area contributed by atoms with Crippen LogP contribution in [0, 0.1) is 0 Å². The van der Waals surface area contributed by atoms with Crippen LogP contribution in [-0.2, 0) is 14.3 Å². The lowest BCUT2D eigenvalue weighted by Gasteiger charge is -2.34. The molecule has 0 saturated carbocycles. The second kappa shape index (κ2) is 6.04. The third kappa shape index (κ3) is 2.71. The first-order valence-electron chi connectivity index (χ1n) is 5.69. The minimum atomic E-state index is -0.949. The number of hydrogen-bond donors (Lipinski definition) is 1. The molecule has 10 nitrogen and oxygen atoms in total. The number of nitrogens with zero attached hydrogens (tertiary/aromatic N) is 6.